The molecule has 4 rings (SSSR count). The molecule has 1 aliphatic carbocycles. The van der Waals surface area contributed by atoms with E-state index >= 15 is 0 Å². The summed E-state index contributed by atoms with van der Waals surface area (Å²) in [6.07, 6.45) is 15.3. The number of carbonyl (C=O) groups is 1. The Morgan fingerprint density at radius 1 is 0.912 bits per heavy atom. The molecule has 0 spiro atoms. The van der Waals surface area contributed by atoms with Crippen molar-refractivity contribution in [3.05, 3.63) is 36.7 Å². The van der Waals surface area contributed by atoms with Gasteiger partial charge in [0, 0.05) is 5.56 Å². The van der Waals surface area contributed by atoms with Gasteiger partial charge in [-0.3, -0.25) is 4.79 Å². The van der Waals surface area contributed by atoms with Crippen LogP contribution in [0.1, 0.15) is 78.1 Å². The standard InChI is InChI=1S/C28H38N2O4/c1-3-5-6-8-20-9-11-22(12-10-20)28(31)33-24-17-29-27(30-18-24)21-13-15-23(16-14-21)32-19-26-25(34-26)7-4-2/h13-18,20,22,25-26H,3-12,19H2,1-2H3/t20?,22?,25-,26-/m0/s1. The average molecular weight is 467 g/mol. The number of aromatic nitrogens is 2. The second-order valence-electron chi connectivity index (χ2n) is 9.71. The van der Waals surface area contributed by atoms with Crippen LogP contribution in [0.3, 0.4) is 0 Å². The summed E-state index contributed by atoms with van der Waals surface area (Å²) in [6, 6.07) is 7.71. The highest BCUT2D eigenvalue weighted by molar-refractivity contribution is 5.75. The number of carbonyl (C=O) groups excluding carboxylic acids is 1. The Bertz CT molecular complexity index is 892. The van der Waals surface area contributed by atoms with Crippen LogP contribution in [0.4, 0.5) is 0 Å². The molecule has 1 aliphatic heterocycles. The normalized spacial score (nSPS) is 23.9. The quantitative estimate of drug-likeness (QED) is 0.205. The van der Waals surface area contributed by atoms with E-state index in [1.54, 1.807) is 12.4 Å². The van der Waals surface area contributed by atoms with Crippen LogP contribution in [0, 0.1) is 11.8 Å². The van der Waals surface area contributed by atoms with Gasteiger partial charge in [-0.15, -0.1) is 0 Å². The molecule has 0 N–H and O–H groups in total. The molecule has 2 aliphatic rings. The Hall–Kier alpha value is -2.47. The van der Waals surface area contributed by atoms with E-state index in [0.29, 0.717) is 24.3 Å². The van der Waals surface area contributed by atoms with Gasteiger partial charge in [-0.2, -0.15) is 0 Å². The van der Waals surface area contributed by atoms with E-state index in [-0.39, 0.29) is 18.0 Å². The largest absolute Gasteiger partial charge is 0.491 e. The summed E-state index contributed by atoms with van der Waals surface area (Å²) >= 11 is 0. The molecule has 2 heterocycles. The number of unbranched alkanes of at least 4 members (excludes halogenated alkanes) is 2. The van der Waals surface area contributed by atoms with E-state index in [1.165, 1.54) is 25.7 Å². The van der Waals surface area contributed by atoms with Crippen molar-refractivity contribution < 1.29 is 19.0 Å². The molecule has 0 amide bonds. The molecule has 2 atom stereocenters. The zero-order valence-corrected chi connectivity index (χ0v) is 20.6. The third-order valence-electron chi connectivity index (χ3n) is 7.03. The molecule has 0 unspecified atom stereocenters. The first kappa shape index (κ1) is 24.6. The molecular formula is C28H38N2O4. The lowest BCUT2D eigenvalue weighted by Gasteiger charge is -2.27. The zero-order chi connectivity index (χ0) is 23.8. The van der Waals surface area contributed by atoms with E-state index < -0.39 is 0 Å². The van der Waals surface area contributed by atoms with Gasteiger partial charge in [0.15, 0.2) is 11.6 Å². The first-order valence-electron chi connectivity index (χ1n) is 13.1. The number of nitrogens with zero attached hydrogens (tertiary/aromatic N) is 2. The molecule has 1 saturated carbocycles. The zero-order valence-electron chi connectivity index (χ0n) is 20.6. The van der Waals surface area contributed by atoms with Crippen molar-refractivity contribution in [3.8, 4) is 22.9 Å². The Labute approximate surface area is 203 Å². The topological polar surface area (TPSA) is 73.8 Å². The van der Waals surface area contributed by atoms with Gasteiger partial charge in [-0.25, -0.2) is 9.97 Å². The minimum atomic E-state index is -0.148. The highest BCUT2D eigenvalue weighted by Crippen LogP contribution is 2.33. The van der Waals surface area contributed by atoms with E-state index in [4.69, 9.17) is 14.2 Å². The number of esters is 1. The molecule has 0 radical (unpaired) electrons. The van der Waals surface area contributed by atoms with Crippen molar-refractivity contribution in [1.82, 2.24) is 9.97 Å². The summed E-state index contributed by atoms with van der Waals surface area (Å²) in [5.41, 5.74) is 0.887. The Morgan fingerprint density at radius 3 is 2.32 bits per heavy atom. The highest BCUT2D eigenvalue weighted by Gasteiger charge is 2.38. The number of epoxide rings is 1. The fourth-order valence-electron chi connectivity index (χ4n) is 4.83. The minimum absolute atomic E-state index is 0.00654. The fourth-order valence-corrected chi connectivity index (χ4v) is 4.83. The second kappa shape index (κ2) is 12.3. The molecule has 0 bridgehead atoms. The monoisotopic (exact) mass is 466 g/mol. The molecule has 2 fully saturated rings. The van der Waals surface area contributed by atoms with Gasteiger partial charge in [0.1, 0.15) is 18.5 Å². The number of hydrogen-bond donors (Lipinski definition) is 0. The van der Waals surface area contributed by atoms with Crippen molar-refractivity contribution in [3.63, 3.8) is 0 Å². The van der Waals surface area contributed by atoms with Gasteiger partial charge in [-0.05, 0) is 62.3 Å². The van der Waals surface area contributed by atoms with Crippen LogP contribution in [0.25, 0.3) is 11.4 Å². The van der Waals surface area contributed by atoms with Crippen LogP contribution >= 0.6 is 0 Å². The smallest absolute Gasteiger partial charge is 0.314 e. The Kier molecular flexibility index (Phi) is 8.91. The van der Waals surface area contributed by atoms with E-state index in [1.807, 2.05) is 24.3 Å². The van der Waals surface area contributed by atoms with Gasteiger partial charge >= 0.3 is 5.97 Å². The Balaban J connectivity index is 1.21. The third-order valence-corrected chi connectivity index (χ3v) is 7.03. The van der Waals surface area contributed by atoms with Gasteiger partial charge in [0.25, 0.3) is 0 Å². The summed E-state index contributed by atoms with van der Waals surface area (Å²) in [5, 5.41) is 0. The summed E-state index contributed by atoms with van der Waals surface area (Å²) in [4.78, 5) is 21.4. The maximum absolute atomic E-state index is 12.6. The number of ether oxygens (including phenoxy) is 3. The predicted molar refractivity (Wildman–Crippen MR) is 132 cm³/mol. The van der Waals surface area contributed by atoms with Crippen LogP contribution in [0.15, 0.2) is 36.7 Å². The number of rotatable bonds is 12. The van der Waals surface area contributed by atoms with E-state index in [2.05, 4.69) is 23.8 Å². The molecular weight excluding hydrogens is 428 g/mol. The van der Waals surface area contributed by atoms with Crippen molar-refractivity contribution in [1.29, 1.82) is 0 Å². The van der Waals surface area contributed by atoms with Crippen LogP contribution in [0.5, 0.6) is 11.5 Å². The molecule has 1 aromatic heterocycles. The summed E-state index contributed by atoms with van der Waals surface area (Å²) in [7, 11) is 0. The lowest BCUT2D eigenvalue weighted by atomic mass is 9.80. The lowest BCUT2D eigenvalue weighted by Crippen LogP contribution is -2.25. The lowest BCUT2D eigenvalue weighted by molar-refractivity contribution is -0.140. The SMILES string of the molecule is CCCCCC1CCC(C(=O)Oc2cnc(-c3ccc(OC[C@@H]4O[C@H]4CCC)cc3)nc2)CC1. The number of hydrogen-bond acceptors (Lipinski definition) is 6. The van der Waals surface area contributed by atoms with Gasteiger partial charge in [0.05, 0.1) is 24.4 Å². The molecule has 1 saturated heterocycles. The Morgan fingerprint density at radius 2 is 1.65 bits per heavy atom. The van der Waals surface area contributed by atoms with Crippen LogP contribution in [-0.2, 0) is 9.53 Å². The molecule has 6 heteroatoms. The average Bonchev–Trinajstić information content (AvgIpc) is 3.62. The van der Waals surface area contributed by atoms with E-state index in [9.17, 15) is 4.79 Å². The van der Waals surface area contributed by atoms with Crippen LogP contribution in [0.2, 0.25) is 0 Å². The number of benzene rings is 1. The molecule has 1 aromatic carbocycles. The van der Waals surface area contributed by atoms with Crippen LogP contribution in [-0.4, -0.2) is 34.8 Å². The maximum Gasteiger partial charge on any atom is 0.314 e. The summed E-state index contributed by atoms with van der Waals surface area (Å²) in [5.74, 6) is 2.42. The van der Waals surface area contributed by atoms with Gasteiger partial charge in [0.2, 0.25) is 0 Å². The maximum atomic E-state index is 12.6. The van der Waals surface area contributed by atoms with Crippen molar-refractivity contribution >= 4 is 5.97 Å². The fraction of sp³-hybridized carbons (Fsp3) is 0.607. The minimum Gasteiger partial charge on any atom is -0.491 e. The van der Waals surface area contributed by atoms with Gasteiger partial charge in [-0.1, -0.05) is 46.0 Å². The van der Waals surface area contributed by atoms with E-state index in [0.717, 1.165) is 55.8 Å². The van der Waals surface area contributed by atoms with Crippen molar-refractivity contribution in [2.75, 3.05) is 6.61 Å². The third kappa shape index (κ3) is 7.02. The first-order chi connectivity index (χ1) is 16.7. The second-order valence-corrected chi connectivity index (χ2v) is 9.71. The summed E-state index contributed by atoms with van der Waals surface area (Å²) < 4.78 is 17.0. The summed E-state index contributed by atoms with van der Waals surface area (Å²) in [6.45, 7) is 4.99. The van der Waals surface area contributed by atoms with Crippen molar-refractivity contribution in [2.24, 2.45) is 11.8 Å². The van der Waals surface area contributed by atoms with Gasteiger partial charge < -0.3 is 14.2 Å². The van der Waals surface area contributed by atoms with Crippen molar-refractivity contribution in [2.45, 2.75) is 90.3 Å². The molecule has 34 heavy (non-hydrogen) atoms. The molecule has 6 nitrogen and oxygen atoms in total. The molecule has 184 valence electrons. The molecule has 2 aromatic rings. The first-order valence-corrected chi connectivity index (χ1v) is 13.1. The predicted octanol–water partition coefficient (Wildman–Crippen LogP) is 6.38. The highest BCUT2D eigenvalue weighted by atomic mass is 16.6. The van der Waals surface area contributed by atoms with Crippen LogP contribution < -0.4 is 9.47 Å².